The van der Waals surface area contributed by atoms with E-state index in [1.54, 1.807) is 14.2 Å². The van der Waals surface area contributed by atoms with Gasteiger partial charge in [0.05, 0.1) is 14.2 Å². The van der Waals surface area contributed by atoms with Crippen molar-refractivity contribution in [1.82, 2.24) is 9.80 Å². The molecule has 0 atom stereocenters. The van der Waals surface area contributed by atoms with Crippen LogP contribution in [-0.4, -0.2) is 56.1 Å². The Morgan fingerprint density at radius 3 is 2.15 bits per heavy atom. The largest absolute Gasteiger partial charge is 0.493 e. The summed E-state index contributed by atoms with van der Waals surface area (Å²) in [5, 5.41) is 2.83. The lowest BCUT2D eigenvalue weighted by Crippen LogP contribution is -2.26. The number of hydrogen-bond acceptors (Lipinski definition) is 5. The Morgan fingerprint density at radius 1 is 0.853 bits per heavy atom. The fraction of sp³-hybridized carbons (Fsp3) is 0.536. The molecule has 0 spiro atoms. The third-order valence-electron chi connectivity index (χ3n) is 5.99. The lowest BCUT2D eigenvalue weighted by molar-refractivity contribution is -0.114. The summed E-state index contributed by atoms with van der Waals surface area (Å²) in [6, 6.07) is 14.3. The highest BCUT2D eigenvalue weighted by molar-refractivity contribution is 5.88. The third-order valence-corrected chi connectivity index (χ3v) is 5.99. The lowest BCUT2D eigenvalue weighted by Gasteiger charge is -2.24. The van der Waals surface area contributed by atoms with Gasteiger partial charge in [-0.2, -0.15) is 0 Å². The number of carbonyl (C=O) groups excluding carboxylic acids is 1. The molecule has 0 fully saturated rings. The first-order valence-electron chi connectivity index (χ1n) is 12.5. The van der Waals surface area contributed by atoms with Gasteiger partial charge in [0.2, 0.25) is 5.91 Å². The fourth-order valence-corrected chi connectivity index (χ4v) is 4.26. The number of rotatable bonds is 16. The van der Waals surface area contributed by atoms with Gasteiger partial charge in [0, 0.05) is 31.3 Å². The number of benzene rings is 2. The van der Waals surface area contributed by atoms with E-state index in [1.165, 1.54) is 37.3 Å². The zero-order valence-corrected chi connectivity index (χ0v) is 21.7. The molecule has 0 saturated carbocycles. The van der Waals surface area contributed by atoms with Crippen LogP contribution in [0, 0.1) is 0 Å². The molecule has 2 aromatic carbocycles. The molecule has 0 aliphatic heterocycles. The second-order valence-electron chi connectivity index (χ2n) is 8.74. The van der Waals surface area contributed by atoms with Crippen molar-refractivity contribution in [2.45, 2.75) is 59.5 Å². The van der Waals surface area contributed by atoms with Gasteiger partial charge in [-0.25, -0.2) is 0 Å². The van der Waals surface area contributed by atoms with E-state index in [-0.39, 0.29) is 5.91 Å². The summed E-state index contributed by atoms with van der Waals surface area (Å²) in [5.74, 6) is 1.59. The molecule has 0 radical (unpaired) electrons. The Morgan fingerprint density at radius 2 is 1.56 bits per heavy atom. The number of hydrogen-bond donors (Lipinski definition) is 1. The molecular formula is C28H43N3O3. The minimum atomic E-state index is -0.0374. The minimum Gasteiger partial charge on any atom is -0.493 e. The van der Waals surface area contributed by atoms with Gasteiger partial charge in [-0.15, -0.1) is 0 Å². The molecule has 0 aliphatic carbocycles. The van der Waals surface area contributed by atoms with Gasteiger partial charge in [0.15, 0.2) is 11.5 Å². The SMILES string of the molecule is CCCN(CCCCCN(CC)Cc1cccc(OC)c1OC)Cc1ccc(NC(C)=O)cc1. The molecule has 0 unspecified atom stereocenters. The molecule has 0 aliphatic rings. The van der Waals surface area contributed by atoms with Crippen LogP contribution in [0.4, 0.5) is 5.69 Å². The summed E-state index contributed by atoms with van der Waals surface area (Å²) < 4.78 is 11.0. The quantitative estimate of drug-likeness (QED) is 0.326. The van der Waals surface area contributed by atoms with Crippen molar-refractivity contribution in [3.8, 4) is 11.5 Å². The number of ether oxygens (including phenoxy) is 2. The number of unbranched alkanes of at least 4 members (excludes halogenated alkanes) is 2. The van der Waals surface area contributed by atoms with Crippen LogP contribution in [0.25, 0.3) is 0 Å². The molecule has 34 heavy (non-hydrogen) atoms. The molecule has 0 saturated heterocycles. The standard InChI is InChI=1S/C28H43N3O3/c1-6-18-31(21-24-14-16-26(17-15-24)29-23(3)32)20-10-8-9-19-30(7-2)22-25-12-11-13-27(33-4)28(25)34-5/h11-17H,6-10,18-22H2,1-5H3,(H,29,32). The van der Waals surface area contributed by atoms with Gasteiger partial charge >= 0.3 is 0 Å². The van der Waals surface area contributed by atoms with Crippen LogP contribution in [0.2, 0.25) is 0 Å². The van der Waals surface area contributed by atoms with Crippen LogP contribution in [0.3, 0.4) is 0 Å². The third kappa shape index (κ3) is 9.35. The number of anilines is 1. The van der Waals surface area contributed by atoms with Gasteiger partial charge in [-0.05, 0) is 69.2 Å². The maximum atomic E-state index is 11.2. The van der Waals surface area contributed by atoms with Gasteiger partial charge in [-0.3, -0.25) is 14.6 Å². The molecule has 1 N–H and O–H groups in total. The molecule has 2 rings (SSSR count). The summed E-state index contributed by atoms with van der Waals surface area (Å²) in [6.07, 6.45) is 4.75. The van der Waals surface area contributed by atoms with Crippen LogP contribution in [0.15, 0.2) is 42.5 Å². The molecule has 0 aromatic heterocycles. The van der Waals surface area contributed by atoms with E-state index in [9.17, 15) is 4.79 Å². The summed E-state index contributed by atoms with van der Waals surface area (Å²) in [6.45, 7) is 12.1. The van der Waals surface area contributed by atoms with E-state index >= 15 is 0 Å². The maximum absolute atomic E-state index is 11.2. The number of methoxy groups -OCH3 is 2. The number of amides is 1. The highest BCUT2D eigenvalue weighted by atomic mass is 16.5. The number of para-hydroxylation sites is 1. The minimum absolute atomic E-state index is 0.0374. The summed E-state index contributed by atoms with van der Waals surface area (Å²) >= 11 is 0. The first kappa shape index (κ1) is 27.7. The zero-order valence-electron chi connectivity index (χ0n) is 21.7. The van der Waals surface area contributed by atoms with E-state index in [0.717, 1.165) is 62.9 Å². The summed E-state index contributed by atoms with van der Waals surface area (Å²) in [5.41, 5.74) is 3.31. The Bertz CT molecular complexity index is 854. The zero-order chi connectivity index (χ0) is 24.8. The Balaban J connectivity index is 1.78. The van der Waals surface area contributed by atoms with E-state index in [2.05, 4.69) is 47.2 Å². The van der Waals surface area contributed by atoms with Crippen molar-refractivity contribution < 1.29 is 14.3 Å². The molecule has 6 nitrogen and oxygen atoms in total. The Kier molecular flexibility index (Phi) is 12.5. The first-order valence-corrected chi connectivity index (χ1v) is 12.5. The fourth-order valence-electron chi connectivity index (χ4n) is 4.26. The first-order chi connectivity index (χ1) is 16.5. The topological polar surface area (TPSA) is 54.0 Å². The summed E-state index contributed by atoms with van der Waals surface area (Å²) in [7, 11) is 3.39. The molecule has 1 amide bonds. The van der Waals surface area contributed by atoms with Crippen molar-refractivity contribution >= 4 is 11.6 Å². The van der Waals surface area contributed by atoms with Crippen molar-refractivity contribution in [3.63, 3.8) is 0 Å². The van der Waals surface area contributed by atoms with Crippen LogP contribution in [-0.2, 0) is 17.9 Å². The van der Waals surface area contributed by atoms with Crippen molar-refractivity contribution in [1.29, 1.82) is 0 Å². The highest BCUT2D eigenvalue weighted by Gasteiger charge is 2.13. The average molecular weight is 470 g/mol. The van der Waals surface area contributed by atoms with Crippen LogP contribution < -0.4 is 14.8 Å². The number of nitrogens with one attached hydrogen (secondary N) is 1. The maximum Gasteiger partial charge on any atom is 0.221 e. The van der Waals surface area contributed by atoms with Gasteiger partial charge < -0.3 is 14.8 Å². The van der Waals surface area contributed by atoms with Crippen molar-refractivity contribution in [2.24, 2.45) is 0 Å². The Labute approximate surface area is 206 Å². The van der Waals surface area contributed by atoms with E-state index in [4.69, 9.17) is 9.47 Å². The van der Waals surface area contributed by atoms with E-state index < -0.39 is 0 Å². The Hall–Kier alpha value is -2.57. The van der Waals surface area contributed by atoms with Crippen LogP contribution in [0.5, 0.6) is 11.5 Å². The van der Waals surface area contributed by atoms with E-state index in [0.29, 0.717) is 0 Å². The molecular weight excluding hydrogens is 426 g/mol. The van der Waals surface area contributed by atoms with Crippen LogP contribution in [0.1, 0.15) is 57.6 Å². The van der Waals surface area contributed by atoms with Gasteiger partial charge in [0.25, 0.3) is 0 Å². The molecule has 6 heteroatoms. The smallest absolute Gasteiger partial charge is 0.221 e. The molecule has 0 bridgehead atoms. The van der Waals surface area contributed by atoms with Crippen LogP contribution >= 0.6 is 0 Å². The molecule has 2 aromatic rings. The normalized spacial score (nSPS) is 11.1. The van der Waals surface area contributed by atoms with Crippen molar-refractivity contribution in [3.05, 3.63) is 53.6 Å². The molecule has 188 valence electrons. The van der Waals surface area contributed by atoms with Gasteiger partial charge in [-0.1, -0.05) is 44.5 Å². The predicted octanol–water partition coefficient (Wildman–Crippen LogP) is 5.57. The second kappa shape index (κ2) is 15.4. The second-order valence-corrected chi connectivity index (χ2v) is 8.74. The predicted molar refractivity (Wildman–Crippen MR) is 141 cm³/mol. The molecule has 0 heterocycles. The van der Waals surface area contributed by atoms with Crippen molar-refractivity contribution in [2.75, 3.05) is 45.7 Å². The number of nitrogens with zero attached hydrogens (tertiary/aromatic N) is 2. The average Bonchev–Trinajstić information content (AvgIpc) is 2.83. The number of carbonyl (C=O) groups is 1. The highest BCUT2D eigenvalue weighted by Crippen LogP contribution is 2.31. The summed E-state index contributed by atoms with van der Waals surface area (Å²) in [4.78, 5) is 16.2. The van der Waals surface area contributed by atoms with E-state index in [1.807, 2.05) is 24.3 Å². The lowest BCUT2D eigenvalue weighted by atomic mass is 10.1. The van der Waals surface area contributed by atoms with Gasteiger partial charge in [0.1, 0.15) is 0 Å². The monoisotopic (exact) mass is 469 g/mol.